The van der Waals surface area contributed by atoms with Crippen molar-refractivity contribution in [3.63, 3.8) is 0 Å². The number of nitrogens with zero attached hydrogens (tertiary/aromatic N) is 1. The van der Waals surface area contributed by atoms with E-state index in [1.54, 1.807) is 36.4 Å². The van der Waals surface area contributed by atoms with E-state index >= 15 is 0 Å². The number of methoxy groups -OCH3 is 1. The molecule has 98 valence electrons. The number of hydrogen-bond donors (Lipinski definition) is 1. The minimum Gasteiger partial charge on any atom is -0.495 e. The van der Waals surface area contributed by atoms with Crippen molar-refractivity contribution in [2.24, 2.45) is 0 Å². The SMILES string of the molecule is COc1cc(Cl)ccc1NC(=O)Oc1ccccn1. The van der Waals surface area contributed by atoms with Crippen molar-refractivity contribution in [2.75, 3.05) is 12.4 Å². The molecule has 0 saturated carbocycles. The second-order valence-electron chi connectivity index (χ2n) is 3.53. The van der Waals surface area contributed by atoms with Gasteiger partial charge in [-0.15, -0.1) is 0 Å². The number of ether oxygens (including phenoxy) is 2. The standard InChI is InChI=1S/C13H11ClN2O3/c1-18-11-8-9(14)5-6-10(11)16-13(17)19-12-4-2-3-7-15-12/h2-8H,1H3,(H,16,17). The van der Waals surface area contributed by atoms with Crippen LogP contribution in [0.5, 0.6) is 11.6 Å². The smallest absolute Gasteiger partial charge is 0.418 e. The molecule has 0 aliphatic carbocycles. The topological polar surface area (TPSA) is 60.5 Å². The maximum absolute atomic E-state index is 11.7. The van der Waals surface area contributed by atoms with Crippen LogP contribution in [0.25, 0.3) is 0 Å². The molecular formula is C13H11ClN2O3. The zero-order valence-corrected chi connectivity index (χ0v) is 10.8. The maximum atomic E-state index is 11.7. The normalized spacial score (nSPS) is 9.79. The van der Waals surface area contributed by atoms with Gasteiger partial charge >= 0.3 is 6.09 Å². The van der Waals surface area contributed by atoms with Crippen molar-refractivity contribution in [3.05, 3.63) is 47.6 Å². The van der Waals surface area contributed by atoms with Crippen LogP contribution in [0.3, 0.4) is 0 Å². The molecule has 0 radical (unpaired) electrons. The summed E-state index contributed by atoms with van der Waals surface area (Å²) in [5, 5.41) is 3.07. The zero-order chi connectivity index (χ0) is 13.7. The van der Waals surface area contributed by atoms with Crippen molar-refractivity contribution in [1.82, 2.24) is 4.98 Å². The molecular weight excluding hydrogens is 268 g/mol. The molecule has 0 aliphatic heterocycles. The van der Waals surface area contributed by atoms with Crippen molar-refractivity contribution in [3.8, 4) is 11.6 Å². The number of amides is 1. The van der Waals surface area contributed by atoms with Crippen LogP contribution in [0.15, 0.2) is 42.6 Å². The van der Waals surface area contributed by atoms with E-state index in [-0.39, 0.29) is 5.88 Å². The van der Waals surface area contributed by atoms with Crippen LogP contribution in [-0.4, -0.2) is 18.2 Å². The van der Waals surface area contributed by atoms with Crippen molar-refractivity contribution in [2.45, 2.75) is 0 Å². The lowest BCUT2D eigenvalue weighted by Crippen LogP contribution is -2.17. The molecule has 2 aromatic rings. The quantitative estimate of drug-likeness (QED) is 0.935. The molecule has 6 heteroatoms. The third-order valence-corrected chi connectivity index (χ3v) is 2.47. The molecule has 5 nitrogen and oxygen atoms in total. The van der Waals surface area contributed by atoms with Crippen LogP contribution in [0.1, 0.15) is 0 Å². The van der Waals surface area contributed by atoms with Gasteiger partial charge in [0, 0.05) is 23.4 Å². The lowest BCUT2D eigenvalue weighted by molar-refractivity contribution is 0.213. The van der Waals surface area contributed by atoms with Gasteiger partial charge in [-0.25, -0.2) is 9.78 Å². The number of benzene rings is 1. The average Bonchev–Trinajstić information content (AvgIpc) is 2.42. The van der Waals surface area contributed by atoms with Gasteiger partial charge in [0.05, 0.1) is 12.8 Å². The van der Waals surface area contributed by atoms with Crippen LogP contribution < -0.4 is 14.8 Å². The van der Waals surface area contributed by atoms with Crippen LogP contribution in [-0.2, 0) is 0 Å². The number of aromatic nitrogens is 1. The molecule has 1 aromatic heterocycles. The Morgan fingerprint density at radius 2 is 2.16 bits per heavy atom. The van der Waals surface area contributed by atoms with E-state index in [0.717, 1.165) is 0 Å². The van der Waals surface area contributed by atoms with Crippen LogP contribution in [0.4, 0.5) is 10.5 Å². The molecule has 0 spiro atoms. The second kappa shape index (κ2) is 6.06. The fourth-order valence-corrected chi connectivity index (χ4v) is 1.57. The highest BCUT2D eigenvalue weighted by atomic mass is 35.5. The minimum atomic E-state index is -0.653. The van der Waals surface area contributed by atoms with Gasteiger partial charge in [-0.05, 0) is 18.2 Å². The summed E-state index contributed by atoms with van der Waals surface area (Å²) in [4.78, 5) is 15.6. The summed E-state index contributed by atoms with van der Waals surface area (Å²) in [7, 11) is 1.49. The largest absolute Gasteiger partial charge is 0.495 e. The van der Waals surface area contributed by atoms with Crippen LogP contribution >= 0.6 is 11.6 Å². The first-order valence-electron chi connectivity index (χ1n) is 5.42. The predicted octanol–water partition coefficient (Wildman–Crippen LogP) is 3.35. The van der Waals surface area contributed by atoms with E-state index < -0.39 is 6.09 Å². The first-order valence-corrected chi connectivity index (χ1v) is 5.80. The molecule has 1 heterocycles. The summed E-state index contributed by atoms with van der Waals surface area (Å²) in [6.45, 7) is 0. The highest BCUT2D eigenvalue weighted by Crippen LogP contribution is 2.27. The van der Waals surface area contributed by atoms with Gasteiger partial charge < -0.3 is 9.47 Å². The number of hydrogen-bond acceptors (Lipinski definition) is 4. The molecule has 1 amide bonds. The summed E-state index contributed by atoms with van der Waals surface area (Å²) < 4.78 is 10.1. The Labute approximate surface area is 115 Å². The van der Waals surface area contributed by atoms with Crippen LogP contribution in [0.2, 0.25) is 5.02 Å². The molecule has 0 fully saturated rings. The summed E-state index contributed by atoms with van der Waals surface area (Å²) in [5.41, 5.74) is 0.466. The number of pyridine rings is 1. The van der Waals surface area contributed by atoms with E-state index in [2.05, 4.69) is 10.3 Å². The Morgan fingerprint density at radius 1 is 1.32 bits per heavy atom. The van der Waals surface area contributed by atoms with Gasteiger partial charge in [0.2, 0.25) is 5.88 Å². The van der Waals surface area contributed by atoms with Gasteiger partial charge in [-0.2, -0.15) is 0 Å². The molecule has 0 bridgehead atoms. The highest BCUT2D eigenvalue weighted by molar-refractivity contribution is 6.30. The molecule has 1 aromatic carbocycles. The molecule has 0 unspecified atom stereocenters. The van der Waals surface area contributed by atoms with Gasteiger partial charge in [0.25, 0.3) is 0 Å². The summed E-state index contributed by atoms with van der Waals surface area (Å²) >= 11 is 5.83. The Kier molecular flexibility index (Phi) is 4.20. The van der Waals surface area contributed by atoms with Crippen LogP contribution in [0, 0.1) is 0 Å². The van der Waals surface area contributed by atoms with Crippen molar-refractivity contribution in [1.29, 1.82) is 0 Å². The van der Waals surface area contributed by atoms with Gasteiger partial charge in [0.15, 0.2) is 0 Å². The Balaban J connectivity index is 2.07. The molecule has 2 rings (SSSR count). The monoisotopic (exact) mass is 278 g/mol. The molecule has 0 aliphatic rings. The fourth-order valence-electron chi connectivity index (χ4n) is 1.41. The van der Waals surface area contributed by atoms with Gasteiger partial charge in [-0.3, -0.25) is 5.32 Å². The van der Waals surface area contributed by atoms with Crippen molar-refractivity contribution < 1.29 is 14.3 Å². The van der Waals surface area contributed by atoms with E-state index in [1.807, 2.05) is 0 Å². The first-order chi connectivity index (χ1) is 9.19. The average molecular weight is 279 g/mol. The maximum Gasteiger partial charge on any atom is 0.418 e. The van der Waals surface area contributed by atoms with Gasteiger partial charge in [-0.1, -0.05) is 17.7 Å². The molecule has 19 heavy (non-hydrogen) atoms. The number of carbonyl (C=O) groups excluding carboxylic acids is 1. The number of nitrogens with one attached hydrogen (secondary N) is 1. The first kappa shape index (κ1) is 13.2. The Bertz CT molecular complexity index is 575. The Morgan fingerprint density at radius 3 is 2.84 bits per heavy atom. The Hall–Kier alpha value is -2.27. The number of anilines is 1. The number of rotatable bonds is 3. The van der Waals surface area contributed by atoms with E-state index in [0.29, 0.717) is 16.5 Å². The molecule has 1 N–H and O–H groups in total. The highest BCUT2D eigenvalue weighted by Gasteiger charge is 2.10. The number of carbonyl (C=O) groups is 1. The summed E-state index contributed by atoms with van der Waals surface area (Å²) in [6, 6.07) is 9.89. The van der Waals surface area contributed by atoms with Crippen molar-refractivity contribution >= 4 is 23.4 Å². The van der Waals surface area contributed by atoms with E-state index in [1.165, 1.54) is 13.3 Å². The zero-order valence-electron chi connectivity index (χ0n) is 10.1. The second-order valence-corrected chi connectivity index (χ2v) is 3.96. The van der Waals surface area contributed by atoms with E-state index in [9.17, 15) is 4.79 Å². The predicted molar refractivity (Wildman–Crippen MR) is 71.9 cm³/mol. The lowest BCUT2D eigenvalue weighted by Gasteiger charge is -2.10. The molecule has 0 saturated heterocycles. The fraction of sp³-hybridized carbons (Fsp3) is 0.0769. The van der Waals surface area contributed by atoms with Gasteiger partial charge in [0.1, 0.15) is 5.75 Å². The third-order valence-electron chi connectivity index (χ3n) is 2.24. The van der Waals surface area contributed by atoms with E-state index in [4.69, 9.17) is 21.1 Å². The lowest BCUT2D eigenvalue weighted by atomic mass is 10.3. The molecule has 0 atom stereocenters. The summed E-state index contributed by atoms with van der Waals surface area (Å²) in [5.74, 6) is 0.665. The minimum absolute atomic E-state index is 0.216. The number of halogens is 1. The third kappa shape index (κ3) is 3.59. The summed E-state index contributed by atoms with van der Waals surface area (Å²) in [6.07, 6.45) is 0.880.